The number of hydrogen-bond donors (Lipinski definition) is 2. The Morgan fingerprint density at radius 1 is 1.38 bits per heavy atom. The first-order chi connectivity index (χ1) is 7.83. The van der Waals surface area contributed by atoms with E-state index < -0.39 is 0 Å². The molecule has 1 aliphatic carbocycles. The summed E-state index contributed by atoms with van der Waals surface area (Å²) in [7, 11) is 0. The summed E-state index contributed by atoms with van der Waals surface area (Å²) in [5, 5.41) is 0. The van der Waals surface area contributed by atoms with Crippen LogP contribution < -0.4 is 11.3 Å². The highest BCUT2D eigenvalue weighted by Gasteiger charge is 2.12. The van der Waals surface area contributed by atoms with Crippen LogP contribution in [0.1, 0.15) is 29.5 Å². The molecule has 86 valence electrons. The Balaban J connectivity index is 2.06. The van der Waals surface area contributed by atoms with Crippen LogP contribution in [-0.2, 0) is 19.3 Å². The molecule has 0 spiro atoms. The largest absolute Gasteiger partial charge is 0.271 e. The van der Waals surface area contributed by atoms with Crippen molar-refractivity contribution >= 4 is 0 Å². The van der Waals surface area contributed by atoms with Gasteiger partial charge in [-0.15, -0.1) is 6.58 Å². The van der Waals surface area contributed by atoms with E-state index in [1.807, 2.05) is 6.08 Å². The number of fused-ring (bicyclic) bond motifs is 1. The number of aryl methyl sites for hydroxylation is 2. The van der Waals surface area contributed by atoms with Gasteiger partial charge in [-0.05, 0) is 48.8 Å². The maximum atomic E-state index is 5.52. The summed E-state index contributed by atoms with van der Waals surface area (Å²) < 4.78 is 0. The van der Waals surface area contributed by atoms with Gasteiger partial charge in [-0.25, -0.2) is 0 Å². The topological polar surface area (TPSA) is 38.0 Å². The van der Waals surface area contributed by atoms with Crippen LogP contribution >= 0.6 is 0 Å². The third kappa shape index (κ3) is 2.52. The fourth-order valence-electron chi connectivity index (χ4n) is 2.45. The minimum absolute atomic E-state index is 0.303. The molecule has 0 fully saturated rings. The van der Waals surface area contributed by atoms with Crippen LogP contribution in [0.3, 0.4) is 0 Å². The molecule has 3 N–H and O–H groups in total. The molecule has 0 saturated carbocycles. The molecule has 1 unspecified atom stereocenters. The molecular formula is C14H20N2. The molecule has 0 saturated heterocycles. The van der Waals surface area contributed by atoms with Crippen molar-refractivity contribution in [1.29, 1.82) is 0 Å². The third-order valence-electron chi connectivity index (χ3n) is 3.33. The first-order valence-electron chi connectivity index (χ1n) is 6.01. The predicted octanol–water partition coefficient (Wildman–Crippen LogP) is 2.13. The van der Waals surface area contributed by atoms with Crippen molar-refractivity contribution in [3.05, 3.63) is 47.5 Å². The molecular weight excluding hydrogens is 196 g/mol. The fraction of sp³-hybridized carbons (Fsp3) is 0.429. The molecule has 1 atom stereocenters. The van der Waals surface area contributed by atoms with E-state index in [-0.39, 0.29) is 0 Å². The van der Waals surface area contributed by atoms with Gasteiger partial charge in [-0.1, -0.05) is 24.3 Å². The van der Waals surface area contributed by atoms with Crippen LogP contribution in [0.4, 0.5) is 0 Å². The second-order valence-corrected chi connectivity index (χ2v) is 4.55. The normalized spacial score (nSPS) is 15.8. The van der Waals surface area contributed by atoms with Gasteiger partial charge in [0, 0.05) is 6.04 Å². The van der Waals surface area contributed by atoms with Gasteiger partial charge in [0.25, 0.3) is 0 Å². The summed E-state index contributed by atoms with van der Waals surface area (Å²) >= 11 is 0. The van der Waals surface area contributed by atoms with Crippen LogP contribution in [0.2, 0.25) is 0 Å². The molecule has 2 heteroatoms. The Hall–Kier alpha value is -1.12. The Bertz CT molecular complexity index is 371. The minimum Gasteiger partial charge on any atom is -0.271 e. The molecule has 0 heterocycles. The van der Waals surface area contributed by atoms with Gasteiger partial charge >= 0.3 is 0 Å². The van der Waals surface area contributed by atoms with Crippen molar-refractivity contribution < 1.29 is 0 Å². The standard InChI is InChI=1S/C14H20N2/c1-2-4-14(16-15)10-11-7-8-12-5-3-6-13(12)9-11/h2,7-9,14,16H,1,3-6,10,15H2. The number of hydrazine groups is 1. The Labute approximate surface area is 97.5 Å². The van der Waals surface area contributed by atoms with Gasteiger partial charge < -0.3 is 0 Å². The average Bonchev–Trinajstić information content (AvgIpc) is 2.75. The zero-order chi connectivity index (χ0) is 11.4. The Morgan fingerprint density at radius 2 is 2.19 bits per heavy atom. The Morgan fingerprint density at radius 3 is 2.94 bits per heavy atom. The number of benzene rings is 1. The van der Waals surface area contributed by atoms with E-state index in [4.69, 9.17) is 5.84 Å². The predicted molar refractivity (Wildman–Crippen MR) is 68.1 cm³/mol. The zero-order valence-corrected chi connectivity index (χ0v) is 9.71. The van der Waals surface area contributed by atoms with E-state index in [1.54, 1.807) is 0 Å². The molecule has 1 aromatic rings. The molecule has 1 aromatic carbocycles. The number of nitrogens with two attached hydrogens (primary N) is 1. The molecule has 0 radical (unpaired) electrons. The number of hydrogen-bond acceptors (Lipinski definition) is 2. The summed E-state index contributed by atoms with van der Waals surface area (Å²) in [5.74, 6) is 5.52. The van der Waals surface area contributed by atoms with Crippen LogP contribution in [0, 0.1) is 0 Å². The van der Waals surface area contributed by atoms with Crippen LogP contribution in [0.25, 0.3) is 0 Å². The molecule has 0 aromatic heterocycles. The monoisotopic (exact) mass is 216 g/mol. The van der Waals surface area contributed by atoms with Crippen molar-refractivity contribution in [2.75, 3.05) is 0 Å². The third-order valence-corrected chi connectivity index (χ3v) is 3.33. The van der Waals surface area contributed by atoms with Gasteiger partial charge in [0.2, 0.25) is 0 Å². The molecule has 0 bridgehead atoms. The van der Waals surface area contributed by atoms with E-state index in [2.05, 4.69) is 30.2 Å². The molecule has 1 aliphatic rings. The van der Waals surface area contributed by atoms with E-state index >= 15 is 0 Å². The first-order valence-corrected chi connectivity index (χ1v) is 6.01. The van der Waals surface area contributed by atoms with E-state index in [0.29, 0.717) is 6.04 Å². The highest BCUT2D eigenvalue weighted by atomic mass is 15.2. The molecule has 0 amide bonds. The number of nitrogens with one attached hydrogen (secondary N) is 1. The second-order valence-electron chi connectivity index (χ2n) is 4.55. The SMILES string of the molecule is C=CCC(Cc1ccc2c(c1)CCC2)NN. The van der Waals surface area contributed by atoms with Gasteiger partial charge in [-0.2, -0.15) is 0 Å². The van der Waals surface area contributed by atoms with Gasteiger partial charge in [0.15, 0.2) is 0 Å². The quantitative estimate of drug-likeness (QED) is 0.449. The van der Waals surface area contributed by atoms with Crippen molar-refractivity contribution in [2.24, 2.45) is 5.84 Å². The van der Waals surface area contributed by atoms with Gasteiger partial charge in [0.1, 0.15) is 0 Å². The minimum atomic E-state index is 0.303. The van der Waals surface area contributed by atoms with Crippen molar-refractivity contribution in [2.45, 2.75) is 38.1 Å². The first kappa shape index (κ1) is 11.4. The summed E-state index contributed by atoms with van der Waals surface area (Å²) in [6.07, 6.45) is 7.61. The molecule has 2 rings (SSSR count). The Kier molecular flexibility index (Phi) is 3.75. The van der Waals surface area contributed by atoms with Crippen LogP contribution in [0.5, 0.6) is 0 Å². The summed E-state index contributed by atoms with van der Waals surface area (Å²) in [6, 6.07) is 7.16. The second kappa shape index (κ2) is 5.28. The van der Waals surface area contributed by atoms with Crippen molar-refractivity contribution in [3.8, 4) is 0 Å². The summed E-state index contributed by atoms with van der Waals surface area (Å²) in [5.41, 5.74) is 7.29. The highest BCUT2D eigenvalue weighted by Crippen LogP contribution is 2.23. The van der Waals surface area contributed by atoms with Crippen LogP contribution in [0.15, 0.2) is 30.9 Å². The highest BCUT2D eigenvalue weighted by molar-refractivity contribution is 5.35. The van der Waals surface area contributed by atoms with Crippen molar-refractivity contribution in [3.63, 3.8) is 0 Å². The van der Waals surface area contributed by atoms with E-state index in [9.17, 15) is 0 Å². The maximum Gasteiger partial charge on any atom is 0.0285 e. The lowest BCUT2D eigenvalue weighted by Gasteiger charge is -2.14. The summed E-state index contributed by atoms with van der Waals surface area (Å²) in [6.45, 7) is 3.75. The smallest absolute Gasteiger partial charge is 0.0285 e. The lowest BCUT2D eigenvalue weighted by atomic mass is 10.00. The zero-order valence-electron chi connectivity index (χ0n) is 9.71. The summed E-state index contributed by atoms with van der Waals surface area (Å²) in [4.78, 5) is 0. The van der Waals surface area contributed by atoms with Gasteiger partial charge in [0.05, 0.1) is 0 Å². The van der Waals surface area contributed by atoms with Gasteiger partial charge in [-0.3, -0.25) is 11.3 Å². The molecule has 16 heavy (non-hydrogen) atoms. The maximum absolute atomic E-state index is 5.52. The fourth-order valence-corrected chi connectivity index (χ4v) is 2.45. The van der Waals surface area contributed by atoms with E-state index in [1.165, 1.54) is 36.0 Å². The molecule has 2 nitrogen and oxygen atoms in total. The number of rotatable bonds is 5. The average molecular weight is 216 g/mol. The van der Waals surface area contributed by atoms with E-state index in [0.717, 1.165) is 12.8 Å². The lowest BCUT2D eigenvalue weighted by Crippen LogP contribution is -2.36. The van der Waals surface area contributed by atoms with Crippen molar-refractivity contribution in [1.82, 2.24) is 5.43 Å². The van der Waals surface area contributed by atoms with Crippen LogP contribution in [-0.4, -0.2) is 6.04 Å². The lowest BCUT2D eigenvalue weighted by molar-refractivity contribution is 0.531. The molecule has 0 aliphatic heterocycles.